The first kappa shape index (κ1) is 15.7. The predicted molar refractivity (Wildman–Crippen MR) is 84.3 cm³/mol. The van der Waals surface area contributed by atoms with Crippen LogP contribution in [-0.2, 0) is 4.74 Å². The second kappa shape index (κ2) is 7.40. The number of aliphatic hydroxyl groups is 1. The van der Waals surface area contributed by atoms with Gasteiger partial charge < -0.3 is 14.7 Å². The number of rotatable bonds is 7. The molecule has 2 saturated carbocycles. The molecule has 0 amide bonds. The Morgan fingerprint density at radius 2 is 1.86 bits per heavy atom. The van der Waals surface area contributed by atoms with Crippen molar-refractivity contribution in [1.29, 1.82) is 0 Å². The van der Waals surface area contributed by atoms with Crippen molar-refractivity contribution in [2.45, 2.75) is 38.7 Å². The first-order valence-electron chi connectivity index (χ1n) is 8.95. The lowest BCUT2D eigenvalue weighted by Gasteiger charge is -2.35. The minimum atomic E-state index is -0.322. The van der Waals surface area contributed by atoms with Crippen molar-refractivity contribution in [2.24, 2.45) is 17.8 Å². The number of hydrogen-bond acceptors (Lipinski definition) is 4. The zero-order valence-corrected chi connectivity index (χ0v) is 13.5. The highest BCUT2D eigenvalue weighted by molar-refractivity contribution is 4.89. The zero-order valence-electron chi connectivity index (χ0n) is 13.5. The van der Waals surface area contributed by atoms with Gasteiger partial charge in [0.2, 0.25) is 0 Å². The van der Waals surface area contributed by atoms with Crippen LogP contribution in [0.25, 0.3) is 0 Å². The normalized spacial score (nSPS) is 35.4. The molecule has 4 heteroatoms. The number of hydrogen-bond donors (Lipinski definition) is 1. The van der Waals surface area contributed by atoms with Gasteiger partial charge in [-0.3, -0.25) is 4.90 Å². The average molecular weight is 296 g/mol. The second-order valence-electron chi connectivity index (χ2n) is 7.36. The first-order chi connectivity index (χ1) is 10.2. The third-order valence-corrected chi connectivity index (χ3v) is 5.91. The van der Waals surface area contributed by atoms with Gasteiger partial charge in [-0.1, -0.05) is 13.3 Å². The van der Waals surface area contributed by atoms with Crippen LogP contribution in [0.5, 0.6) is 0 Å². The van der Waals surface area contributed by atoms with Crippen molar-refractivity contribution in [2.75, 3.05) is 52.5 Å². The molecule has 4 nitrogen and oxygen atoms in total. The summed E-state index contributed by atoms with van der Waals surface area (Å²) in [6, 6.07) is 0. The van der Waals surface area contributed by atoms with Gasteiger partial charge in [-0.2, -0.15) is 0 Å². The molecule has 0 radical (unpaired) electrons. The van der Waals surface area contributed by atoms with Crippen LogP contribution in [0.2, 0.25) is 0 Å². The van der Waals surface area contributed by atoms with Crippen molar-refractivity contribution >= 4 is 0 Å². The van der Waals surface area contributed by atoms with E-state index in [0.29, 0.717) is 6.61 Å². The van der Waals surface area contributed by atoms with E-state index in [1.807, 2.05) is 0 Å². The summed E-state index contributed by atoms with van der Waals surface area (Å²) < 4.78 is 5.83. The monoisotopic (exact) mass is 296 g/mol. The molecule has 3 rings (SSSR count). The molecule has 0 aromatic carbocycles. The van der Waals surface area contributed by atoms with Crippen LogP contribution in [-0.4, -0.2) is 73.5 Å². The Morgan fingerprint density at radius 3 is 2.48 bits per heavy atom. The molecule has 3 aliphatic rings. The zero-order chi connectivity index (χ0) is 14.7. The average Bonchev–Trinajstić information content (AvgIpc) is 3.11. The fraction of sp³-hybridized carbons (Fsp3) is 1.00. The Balaban J connectivity index is 1.27. The highest BCUT2D eigenvalue weighted by atomic mass is 16.5. The third kappa shape index (κ3) is 4.19. The fourth-order valence-corrected chi connectivity index (χ4v) is 4.57. The second-order valence-corrected chi connectivity index (χ2v) is 7.36. The van der Waals surface area contributed by atoms with Crippen molar-refractivity contribution in [3.63, 3.8) is 0 Å². The van der Waals surface area contributed by atoms with Crippen LogP contribution in [0, 0.1) is 17.8 Å². The maximum atomic E-state index is 10.2. The van der Waals surface area contributed by atoms with Crippen molar-refractivity contribution < 1.29 is 9.84 Å². The minimum absolute atomic E-state index is 0.322. The molecule has 122 valence electrons. The van der Waals surface area contributed by atoms with E-state index in [1.54, 1.807) is 0 Å². The van der Waals surface area contributed by atoms with Gasteiger partial charge in [-0.15, -0.1) is 0 Å². The Hall–Kier alpha value is -0.160. The van der Waals surface area contributed by atoms with Crippen LogP contribution in [0.15, 0.2) is 0 Å². The SMILES string of the molecule is CCN1CCN(CC(O)COCC2CC3CCC2C3)CC1. The van der Waals surface area contributed by atoms with Crippen LogP contribution in [0.3, 0.4) is 0 Å². The molecular weight excluding hydrogens is 264 g/mol. The lowest BCUT2D eigenvalue weighted by Crippen LogP contribution is -2.48. The smallest absolute Gasteiger partial charge is 0.0900 e. The predicted octanol–water partition coefficient (Wildman–Crippen LogP) is 1.44. The molecule has 3 fully saturated rings. The van der Waals surface area contributed by atoms with Gasteiger partial charge in [0.25, 0.3) is 0 Å². The quantitative estimate of drug-likeness (QED) is 0.771. The van der Waals surface area contributed by atoms with Gasteiger partial charge in [0.15, 0.2) is 0 Å². The Morgan fingerprint density at radius 1 is 1.10 bits per heavy atom. The molecule has 4 atom stereocenters. The van der Waals surface area contributed by atoms with Gasteiger partial charge in [0, 0.05) is 39.3 Å². The van der Waals surface area contributed by atoms with Gasteiger partial charge in [-0.25, -0.2) is 0 Å². The standard InChI is InChI=1S/C17H32N2O2/c1-2-18-5-7-19(8-6-18)11-17(20)13-21-12-16-10-14-3-4-15(16)9-14/h14-17,20H,2-13H2,1H3. The first-order valence-corrected chi connectivity index (χ1v) is 8.95. The summed E-state index contributed by atoms with van der Waals surface area (Å²) in [5, 5.41) is 10.2. The maximum Gasteiger partial charge on any atom is 0.0900 e. The molecule has 0 aromatic rings. The fourth-order valence-electron chi connectivity index (χ4n) is 4.57. The number of likely N-dealkylation sites (N-methyl/N-ethyl adjacent to an activating group) is 1. The van der Waals surface area contributed by atoms with Crippen LogP contribution >= 0.6 is 0 Å². The summed E-state index contributed by atoms with van der Waals surface area (Å²) in [4.78, 5) is 4.84. The summed E-state index contributed by atoms with van der Waals surface area (Å²) in [6.45, 7) is 9.95. The summed E-state index contributed by atoms with van der Waals surface area (Å²) in [5.74, 6) is 2.70. The van der Waals surface area contributed by atoms with E-state index >= 15 is 0 Å². The molecule has 1 aliphatic heterocycles. The topological polar surface area (TPSA) is 35.9 Å². The van der Waals surface area contributed by atoms with Gasteiger partial charge in [-0.05, 0) is 43.6 Å². The number of β-amino-alcohol motifs (C(OH)–C–C–N with tert-alkyl or cyclic N) is 1. The summed E-state index contributed by atoms with van der Waals surface area (Å²) >= 11 is 0. The molecule has 1 saturated heterocycles. The Bertz CT molecular complexity index is 318. The van der Waals surface area contributed by atoms with Crippen molar-refractivity contribution in [3.8, 4) is 0 Å². The minimum Gasteiger partial charge on any atom is -0.389 e. The lowest BCUT2D eigenvalue weighted by atomic mass is 9.90. The molecule has 2 bridgehead atoms. The Kier molecular flexibility index (Phi) is 5.54. The van der Waals surface area contributed by atoms with Crippen LogP contribution in [0.1, 0.15) is 32.6 Å². The molecule has 2 aliphatic carbocycles. The van der Waals surface area contributed by atoms with Crippen LogP contribution in [0.4, 0.5) is 0 Å². The lowest BCUT2D eigenvalue weighted by molar-refractivity contribution is -0.00831. The number of nitrogens with zero attached hydrogens (tertiary/aromatic N) is 2. The van der Waals surface area contributed by atoms with Gasteiger partial charge in [0.1, 0.15) is 0 Å². The van der Waals surface area contributed by atoms with E-state index in [4.69, 9.17) is 4.74 Å². The van der Waals surface area contributed by atoms with E-state index in [-0.39, 0.29) is 6.10 Å². The number of fused-ring (bicyclic) bond motifs is 2. The van der Waals surface area contributed by atoms with Crippen LogP contribution < -0.4 is 0 Å². The number of aliphatic hydroxyl groups excluding tert-OH is 1. The third-order valence-electron chi connectivity index (χ3n) is 5.91. The maximum absolute atomic E-state index is 10.2. The van der Waals surface area contributed by atoms with Gasteiger partial charge in [0.05, 0.1) is 12.7 Å². The van der Waals surface area contributed by atoms with E-state index < -0.39 is 0 Å². The van der Waals surface area contributed by atoms with E-state index in [1.165, 1.54) is 25.7 Å². The van der Waals surface area contributed by atoms with Crippen molar-refractivity contribution in [1.82, 2.24) is 9.80 Å². The van der Waals surface area contributed by atoms with E-state index in [0.717, 1.165) is 63.6 Å². The molecule has 0 aromatic heterocycles. The summed E-state index contributed by atoms with van der Waals surface area (Å²) in [7, 11) is 0. The Labute approximate surface area is 129 Å². The largest absolute Gasteiger partial charge is 0.389 e. The molecule has 0 spiro atoms. The molecule has 1 N–H and O–H groups in total. The molecule has 21 heavy (non-hydrogen) atoms. The highest BCUT2D eigenvalue weighted by Crippen LogP contribution is 2.48. The summed E-state index contributed by atoms with van der Waals surface area (Å²) in [6.07, 6.45) is 5.37. The van der Waals surface area contributed by atoms with E-state index in [9.17, 15) is 5.11 Å². The van der Waals surface area contributed by atoms with Gasteiger partial charge >= 0.3 is 0 Å². The molecular formula is C17H32N2O2. The van der Waals surface area contributed by atoms with E-state index in [2.05, 4.69) is 16.7 Å². The summed E-state index contributed by atoms with van der Waals surface area (Å²) in [5.41, 5.74) is 0. The highest BCUT2D eigenvalue weighted by Gasteiger charge is 2.39. The number of ether oxygens (including phenoxy) is 1. The van der Waals surface area contributed by atoms with Crippen molar-refractivity contribution in [3.05, 3.63) is 0 Å². The molecule has 4 unspecified atom stereocenters. The molecule has 1 heterocycles. The number of piperazine rings is 1.